The molecule has 5 rings (SSSR count). The molecule has 0 saturated heterocycles. The quantitative estimate of drug-likeness (QED) is 0.451. The lowest BCUT2D eigenvalue weighted by Crippen LogP contribution is -2.18. The van der Waals surface area contributed by atoms with Crippen molar-refractivity contribution in [3.63, 3.8) is 0 Å². The Morgan fingerprint density at radius 1 is 0.806 bits per heavy atom. The van der Waals surface area contributed by atoms with Crippen molar-refractivity contribution in [2.75, 3.05) is 0 Å². The maximum Gasteiger partial charge on any atom is 0.416 e. The first-order valence-corrected chi connectivity index (χ1v) is 9.36. The first kappa shape index (κ1) is 18.9. The van der Waals surface area contributed by atoms with Gasteiger partial charge in [0, 0.05) is 17.3 Å². The zero-order valence-corrected chi connectivity index (χ0v) is 15.9. The molecule has 0 amide bonds. The normalized spacial score (nSPS) is 12.0. The van der Waals surface area contributed by atoms with Gasteiger partial charge in [-0.2, -0.15) is 13.2 Å². The van der Waals surface area contributed by atoms with Crippen molar-refractivity contribution in [2.45, 2.75) is 6.18 Å². The van der Waals surface area contributed by atoms with Crippen LogP contribution in [0.3, 0.4) is 0 Å². The minimum atomic E-state index is -4.44. The predicted octanol–water partition coefficient (Wildman–Crippen LogP) is 4.64. The van der Waals surface area contributed by atoms with Crippen LogP contribution in [0.2, 0.25) is 0 Å². The second-order valence-corrected chi connectivity index (χ2v) is 7.09. The second kappa shape index (κ2) is 6.73. The molecule has 0 aliphatic rings. The highest BCUT2D eigenvalue weighted by Crippen LogP contribution is 2.29. The van der Waals surface area contributed by atoms with Crippen LogP contribution in [0.5, 0.6) is 0 Å². The van der Waals surface area contributed by atoms with Crippen molar-refractivity contribution in [3.05, 3.63) is 105 Å². The Hall–Kier alpha value is -4.07. The second-order valence-electron chi connectivity index (χ2n) is 7.09. The van der Waals surface area contributed by atoms with Gasteiger partial charge in [0.2, 0.25) is 0 Å². The maximum absolute atomic E-state index is 13.0. The zero-order valence-electron chi connectivity index (χ0n) is 15.9. The van der Waals surface area contributed by atoms with Crippen LogP contribution in [0, 0.1) is 0 Å². The van der Waals surface area contributed by atoms with Crippen LogP contribution >= 0.6 is 0 Å². The van der Waals surface area contributed by atoms with Gasteiger partial charge in [-0.25, -0.2) is 4.79 Å². The molecule has 5 nitrogen and oxygen atoms in total. The average molecular weight is 421 g/mol. The lowest BCUT2D eigenvalue weighted by Gasteiger charge is -2.11. The number of nitrogens with zero attached hydrogens (tertiary/aromatic N) is 2. The smallest absolute Gasteiger partial charge is 0.305 e. The topological polar surface area (TPSA) is 59.8 Å². The Morgan fingerprint density at radius 2 is 1.52 bits per heavy atom. The van der Waals surface area contributed by atoms with Crippen LogP contribution in [-0.2, 0) is 6.18 Å². The summed E-state index contributed by atoms with van der Waals surface area (Å²) in [5.74, 6) is 0. The predicted molar refractivity (Wildman–Crippen MR) is 112 cm³/mol. The molecule has 0 aliphatic carbocycles. The maximum atomic E-state index is 13.0. The molecule has 0 fully saturated rings. The molecule has 0 radical (unpaired) electrons. The highest BCUT2D eigenvalue weighted by atomic mass is 19.4. The lowest BCUT2D eigenvalue weighted by atomic mass is 10.1. The van der Waals surface area contributed by atoms with Gasteiger partial charge < -0.3 is 4.98 Å². The number of halogens is 3. The summed E-state index contributed by atoms with van der Waals surface area (Å²) in [6.07, 6.45) is -2.93. The number of pyridine rings is 1. The molecule has 0 unspecified atom stereocenters. The average Bonchev–Trinajstić information content (AvgIpc) is 3.09. The highest BCUT2D eigenvalue weighted by Gasteiger charge is 2.30. The first-order valence-electron chi connectivity index (χ1n) is 9.36. The summed E-state index contributed by atoms with van der Waals surface area (Å²) in [6, 6.07) is 18.4. The van der Waals surface area contributed by atoms with Gasteiger partial charge in [-0.1, -0.05) is 12.1 Å². The van der Waals surface area contributed by atoms with E-state index in [0.717, 1.165) is 12.1 Å². The summed E-state index contributed by atoms with van der Waals surface area (Å²) >= 11 is 0. The monoisotopic (exact) mass is 421 g/mol. The fourth-order valence-corrected chi connectivity index (χ4v) is 3.70. The van der Waals surface area contributed by atoms with E-state index in [2.05, 4.69) is 4.98 Å². The Bertz CT molecular complexity index is 1560. The van der Waals surface area contributed by atoms with E-state index in [1.165, 1.54) is 27.5 Å². The number of benzene rings is 3. The van der Waals surface area contributed by atoms with Gasteiger partial charge >= 0.3 is 11.9 Å². The molecule has 31 heavy (non-hydrogen) atoms. The molecule has 2 aromatic heterocycles. The van der Waals surface area contributed by atoms with Gasteiger partial charge in [-0.3, -0.25) is 13.9 Å². The molecule has 3 aromatic carbocycles. The van der Waals surface area contributed by atoms with Gasteiger partial charge in [-0.15, -0.1) is 0 Å². The van der Waals surface area contributed by atoms with Crippen molar-refractivity contribution in [1.29, 1.82) is 0 Å². The van der Waals surface area contributed by atoms with E-state index < -0.39 is 11.7 Å². The number of fused-ring (bicyclic) bond motifs is 2. The zero-order chi connectivity index (χ0) is 21.8. The number of para-hydroxylation sites is 2. The van der Waals surface area contributed by atoms with Gasteiger partial charge in [0.25, 0.3) is 5.56 Å². The van der Waals surface area contributed by atoms with Crippen molar-refractivity contribution in [1.82, 2.24) is 14.1 Å². The number of H-pyrrole nitrogens is 1. The Labute approximate surface area is 172 Å². The number of hydrogen-bond donors (Lipinski definition) is 1. The van der Waals surface area contributed by atoms with Crippen molar-refractivity contribution in [3.8, 4) is 11.4 Å². The largest absolute Gasteiger partial charge is 0.416 e. The Balaban J connectivity index is 1.62. The molecule has 0 bridgehead atoms. The van der Waals surface area contributed by atoms with Crippen LogP contribution in [0.4, 0.5) is 13.2 Å². The highest BCUT2D eigenvalue weighted by molar-refractivity contribution is 5.85. The minimum absolute atomic E-state index is 0.293. The summed E-state index contributed by atoms with van der Waals surface area (Å²) in [5.41, 5.74) is 0.904. The summed E-state index contributed by atoms with van der Waals surface area (Å²) in [7, 11) is 0. The van der Waals surface area contributed by atoms with Gasteiger partial charge in [0.1, 0.15) is 0 Å². The number of hydrogen-bond acceptors (Lipinski definition) is 2. The molecule has 0 atom stereocenters. The number of alkyl halides is 3. The summed E-state index contributed by atoms with van der Waals surface area (Å²) in [4.78, 5) is 28.2. The van der Waals surface area contributed by atoms with Crippen molar-refractivity contribution < 1.29 is 13.2 Å². The van der Waals surface area contributed by atoms with Crippen molar-refractivity contribution in [2.24, 2.45) is 0 Å². The van der Waals surface area contributed by atoms with E-state index in [9.17, 15) is 22.8 Å². The summed E-state index contributed by atoms with van der Waals surface area (Å²) < 4.78 is 41.2. The van der Waals surface area contributed by atoms with Crippen LogP contribution in [0.25, 0.3) is 33.2 Å². The third-order valence-electron chi connectivity index (χ3n) is 5.21. The minimum Gasteiger partial charge on any atom is -0.305 e. The molecular formula is C23H14F3N3O2. The molecule has 1 N–H and O–H groups in total. The fraction of sp³-hybridized carbons (Fsp3) is 0.0435. The molecule has 8 heteroatoms. The summed E-state index contributed by atoms with van der Waals surface area (Å²) in [6.45, 7) is 0. The van der Waals surface area contributed by atoms with E-state index in [1.54, 1.807) is 30.3 Å². The molecule has 0 aliphatic heterocycles. The molecule has 154 valence electrons. The van der Waals surface area contributed by atoms with E-state index in [0.29, 0.717) is 33.2 Å². The van der Waals surface area contributed by atoms with E-state index >= 15 is 0 Å². The van der Waals surface area contributed by atoms with Gasteiger partial charge in [0.05, 0.1) is 22.3 Å². The van der Waals surface area contributed by atoms with Gasteiger partial charge in [0.15, 0.2) is 0 Å². The number of rotatable bonds is 2. The van der Waals surface area contributed by atoms with Gasteiger partial charge in [-0.05, 0) is 66.0 Å². The fourth-order valence-electron chi connectivity index (χ4n) is 3.70. The third kappa shape index (κ3) is 3.13. The van der Waals surface area contributed by atoms with Crippen molar-refractivity contribution >= 4 is 21.8 Å². The van der Waals surface area contributed by atoms with E-state index in [1.807, 2.05) is 18.2 Å². The molecule has 2 heterocycles. The van der Waals surface area contributed by atoms with E-state index in [-0.39, 0.29) is 11.2 Å². The van der Waals surface area contributed by atoms with Crippen LogP contribution in [0.15, 0.2) is 88.6 Å². The molecule has 5 aromatic rings. The third-order valence-corrected chi connectivity index (χ3v) is 5.21. The lowest BCUT2D eigenvalue weighted by molar-refractivity contribution is -0.137. The van der Waals surface area contributed by atoms with Crippen LogP contribution in [-0.4, -0.2) is 14.1 Å². The number of aromatic amines is 1. The van der Waals surface area contributed by atoms with Crippen LogP contribution < -0.4 is 11.2 Å². The molecular weight excluding hydrogens is 407 g/mol. The molecule has 0 saturated carbocycles. The van der Waals surface area contributed by atoms with Crippen LogP contribution in [0.1, 0.15) is 5.56 Å². The Kier molecular flexibility index (Phi) is 4.11. The number of aromatic nitrogens is 3. The number of imidazole rings is 1. The van der Waals surface area contributed by atoms with E-state index in [4.69, 9.17) is 0 Å². The Morgan fingerprint density at radius 3 is 2.26 bits per heavy atom. The summed E-state index contributed by atoms with van der Waals surface area (Å²) in [5, 5.41) is 1.00. The standard InChI is InChI=1S/C23H14F3N3O2/c24-23(25,26)15-5-7-16(8-6-15)28-12-11-14-13-17(9-10-18(14)21(28)30)29-20-4-2-1-3-19(20)27-22(29)31/h1-13H,(H,27,31). The SMILES string of the molecule is O=c1c2ccc(-n3c(=O)[nH]c4ccccc43)cc2ccn1-c1ccc(C(F)(F)F)cc1. The molecule has 0 spiro atoms. The first-order chi connectivity index (χ1) is 14.8. The number of nitrogens with one attached hydrogen (secondary N) is 1.